The van der Waals surface area contributed by atoms with E-state index in [9.17, 15) is 4.39 Å². The number of nitrogens with zero attached hydrogens (tertiary/aromatic N) is 2. The summed E-state index contributed by atoms with van der Waals surface area (Å²) < 4.78 is 20.0. The summed E-state index contributed by atoms with van der Waals surface area (Å²) in [4.78, 5) is 9.91. The lowest BCUT2D eigenvalue weighted by Gasteiger charge is -2.33. The molecule has 0 saturated carbocycles. The molecule has 2 aliphatic rings. The number of aromatic amines is 1. The molecule has 0 aliphatic carbocycles. The van der Waals surface area contributed by atoms with Crippen LogP contribution >= 0.6 is 0 Å². The third-order valence-electron chi connectivity index (χ3n) is 6.27. The van der Waals surface area contributed by atoms with E-state index < -0.39 is 5.79 Å². The molecule has 33 heavy (non-hydrogen) atoms. The average Bonchev–Trinajstić information content (AvgIpc) is 3.52. The van der Waals surface area contributed by atoms with Gasteiger partial charge in [0.25, 0.3) is 0 Å². The number of allylic oxidation sites excluding steroid dienone is 1. The first-order chi connectivity index (χ1) is 16.0. The zero-order valence-electron chi connectivity index (χ0n) is 18.7. The zero-order valence-corrected chi connectivity index (χ0v) is 18.7. The minimum atomic E-state index is -1.13. The van der Waals surface area contributed by atoms with Crippen LogP contribution in [0.3, 0.4) is 0 Å². The topological polar surface area (TPSA) is 90.7 Å². The summed E-state index contributed by atoms with van der Waals surface area (Å²) in [5.74, 6) is 0.105. The molecule has 0 amide bonds. The summed E-state index contributed by atoms with van der Waals surface area (Å²) in [5.41, 5.74) is 9.57. The van der Waals surface area contributed by atoms with E-state index in [0.717, 1.165) is 34.5 Å². The highest BCUT2D eigenvalue weighted by molar-refractivity contribution is 5.93. The number of H-pyrrole nitrogens is 1. The largest absolute Gasteiger partial charge is 0.492 e. The first-order valence-corrected chi connectivity index (χ1v) is 11.3. The second-order valence-corrected chi connectivity index (χ2v) is 8.62. The number of aliphatic imine (C=N–C) groups is 1. The lowest BCUT2D eigenvalue weighted by molar-refractivity contribution is 0.237. The number of fused-ring (bicyclic) bond motifs is 1. The zero-order chi connectivity index (χ0) is 22.8. The van der Waals surface area contributed by atoms with Gasteiger partial charge in [-0.15, -0.1) is 0 Å². The van der Waals surface area contributed by atoms with Crippen molar-refractivity contribution in [2.24, 2.45) is 10.7 Å². The molecule has 2 aromatic carbocycles. The molecule has 1 aromatic heterocycles. The highest BCUT2D eigenvalue weighted by Crippen LogP contribution is 2.29. The second kappa shape index (κ2) is 8.88. The first kappa shape index (κ1) is 21.5. The first-order valence-electron chi connectivity index (χ1n) is 11.3. The number of anilines is 1. The van der Waals surface area contributed by atoms with Crippen molar-refractivity contribution in [2.75, 3.05) is 31.6 Å². The van der Waals surface area contributed by atoms with Crippen molar-refractivity contribution in [3.05, 3.63) is 71.4 Å². The Hall–Kier alpha value is -3.36. The van der Waals surface area contributed by atoms with E-state index in [1.807, 2.05) is 37.3 Å². The van der Waals surface area contributed by atoms with Gasteiger partial charge >= 0.3 is 0 Å². The lowest BCUT2D eigenvalue weighted by atomic mass is 10.1. The number of halogens is 1. The fraction of sp³-hybridized carbons (Fsp3) is 0.320. The highest BCUT2D eigenvalue weighted by Gasteiger charge is 2.30. The Morgan fingerprint density at radius 2 is 1.94 bits per heavy atom. The predicted molar refractivity (Wildman–Crippen MR) is 130 cm³/mol. The summed E-state index contributed by atoms with van der Waals surface area (Å²) in [6.07, 6.45) is 6.03. The van der Waals surface area contributed by atoms with Gasteiger partial charge in [-0.25, -0.2) is 9.38 Å². The van der Waals surface area contributed by atoms with Crippen LogP contribution in [0.2, 0.25) is 0 Å². The molecular weight excluding hydrogens is 419 g/mol. The van der Waals surface area contributed by atoms with E-state index in [0.29, 0.717) is 17.9 Å². The molecule has 0 bridgehead atoms. The van der Waals surface area contributed by atoms with Crippen molar-refractivity contribution in [3.8, 4) is 5.75 Å². The van der Waals surface area contributed by atoms with Crippen LogP contribution in [0, 0.1) is 5.82 Å². The quantitative estimate of drug-likeness (QED) is 0.441. The molecule has 3 aromatic rings. The van der Waals surface area contributed by atoms with Gasteiger partial charge in [-0.1, -0.05) is 0 Å². The molecule has 8 heteroatoms. The fourth-order valence-electron chi connectivity index (χ4n) is 4.33. The van der Waals surface area contributed by atoms with Crippen LogP contribution in [0.1, 0.15) is 25.3 Å². The minimum absolute atomic E-state index is 0.291. The van der Waals surface area contributed by atoms with Crippen molar-refractivity contribution in [2.45, 2.75) is 25.6 Å². The summed E-state index contributed by atoms with van der Waals surface area (Å²) in [6, 6.07) is 12.7. The van der Waals surface area contributed by atoms with Crippen LogP contribution in [-0.4, -0.2) is 42.3 Å². The van der Waals surface area contributed by atoms with Crippen LogP contribution < -0.4 is 21.1 Å². The van der Waals surface area contributed by atoms with E-state index in [1.165, 1.54) is 32.0 Å². The van der Waals surface area contributed by atoms with E-state index in [-0.39, 0.29) is 5.82 Å². The van der Waals surface area contributed by atoms with Crippen molar-refractivity contribution >= 4 is 22.8 Å². The SMILES string of the molecule is CC1=C(Nc2ccc(F)c3[nH]ccc23)NC(N)(c2ccc(OCCN3CCCC3)cc2)N=C1. The second-order valence-electron chi connectivity index (χ2n) is 8.62. The van der Waals surface area contributed by atoms with Gasteiger partial charge in [-0.2, -0.15) is 0 Å². The van der Waals surface area contributed by atoms with E-state index in [4.69, 9.17) is 10.5 Å². The summed E-state index contributed by atoms with van der Waals surface area (Å²) in [5, 5.41) is 7.43. The maximum atomic E-state index is 14.0. The van der Waals surface area contributed by atoms with Crippen molar-refractivity contribution in [1.82, 2.24) is 15.2 Å². The predicted octanol–water partition coefficient (Wildman–Crippen LogP) is 3.87. The molecule has 1 saturated heterocycles. The van der Waals surface area contributed by atoms with Gasteiger partial charge in [0.05, 0.1) is 5.52 Å². The van der Waals surface area contributed by atoms with Crippen molar-refractivity contribution in [3.63, 3.8) is 0 Å². The lowest BCUT2D eigenvalue weighted by Crippen LogP contribution is -2.51. The third-order valence-corrected chi connectivity index (χ3v) is 6.27. The third kappa shape index (κ3) is 4.44. The number of likely N-dealkylation sites (tertiary alicyclic amines) is 1. The molecule has 7 nitrogen and oxygen atoms in total. The Morgan fingerprint density at radius 1 is 1.15 bits per heavy atom. The Balaban J connectivity index is 1.28. The van der Waals surface area contributed by atoms with Crippen LogP contribution in [0.25, 0.3) is 10.9 Å². The molecule has 5 rings (SSSR count). The maximum Gasteiger partial charge on any atom is 0.210 e. The molecule has 1 fully saturated rings. The summed E-state index contributed by atoms with van der Waals surface area (Å²) >= 11 is 0. The molecule has 3 heterocycles. The average molecular weight is 449 g/mol. The number of hydrogen-bond acceptors (Lipinski definition) is 6. The Labute approximate surface area is 192 Å². The summed E-state index contributed by atoms with van der Waals surface area (Å²) in [7, 11) is 0. The number of aromatic nitrogens is 1. The molecule has 0 radical (unpaired) electrons. The fourth-order valence-corrected chi connectivity index (χ4v) is 4.33. The van der Waals surface area contributed by atoms with Gasteiger partial charge in [0, 0.05) is 41.2 Å². The number of rotatable bonds is 7. The summed E-state index contributed by atoms with van der Waals surface area (Å²) in [6.45, 7) is 5.89. The Bertz CT molecular complexity index is 1200. The van der Waals surface area contributed by atoms with Gasteiger partial charge in [-0.05, 0) is 75.3 Å². The maximum absolute atomic E-state index is 14.0. The smallest absolute Gasteiger partial charge is 0.210 e. The number of hydrogen-bond donors (Lipinski definition) is 4. The van der Waals surface area contributed by atoms with Gasteiger partial charge in [0.1, 0.15) is 24.0 Å². The molecule has 2 aliphatic heterocycles. The monoisotopic (exact) mass is 448 g/mol. The van der Waals surface area contributed by atoms with Crippen LogP contribution in [0.5, 0.6) is 5.75 Å². The minimum Gasteiger partial charge on any atom is -0.492 e. The molecule has 172 valence electrons. The van der Waals surface area contributed by atoms with E-state index in [2.05, 4.69) is 25.5 Å². The normalized spacial score (nSPS) is 20.9. The van der Waals surface area contributed by atoms with Gasteiger partial charge in [-0.3, -0.25) is 10.6 Å². The van der Waals surface area contributed by atoms with Gasteiger partial charge in [0.2, 0.25) is 5.79 Å². The molecular formula is C25H29FN6O. The van der Waals surface area contributed by atoms with E-state index in [1.54, 1.807) is 18.5 Å². The molecule has 0 spiro atoms. The van der Waals surface area contributed by atoms with Gasteiger partial charge < -0.3 is 20.4 Å². The van der Waals surface area contributed by atoms with Crippen LogP contribution in [-0.2, 0) is 5.79 Å². The van der Waals surface area contributed by atoms with Crippen molar-refractivity contribution in [1.29, 1.82) is 0 Å². The Kier molecular flexibility index (Phi) is 5.78. The standard InChI is InChI=1S/C25H29FN6O/c1-17-16-29-25(27,18-4-6-19(7-5-18)33-15-14-32-12-2-3-13-32)31-24(17)30-22-9-8-21(26)23-20(22)10-11-28-23/h4-11,16,28,30-31H,2-3,12-15,27H2,1H3. The highest BCUT2D eigenvalue weighted by atomic mass is 19.1. The van der Waals surface area contributed by atoms with Crippen LogP contribution in [0.4, 0.5) is 10.1 Å². The number of benzene rings is 2. The molecule has 1 atom stereocenters. The molecule has 5 N–H and O–H groups in total. The van der Waals surface area contributed by atoms with Crippen molar-refractivity contribution < 1.29 is 9.13 Å². The van der Waals surface area contributed by atoms with E-state index >= 15 is 0 Å². The number of nitrogens with two attached hydrogens (primary N) is 1. The van der Waals surface area contributed by atoms with Crippen LogP contribution in [0.15, 0.2) is 65.0 Å². The number of nitrogens with one attached hydrogen (secondary N) is 3. The molecule has 1 unspecified atom stereocenters. The Morgan fingerprint density at radius 3 is 2.73 bits per heavy atom. The number of ether oxygens (including phenoxy) is 1. The van der Waals surface area contributed by atoms with Gasteiger partial charge in [0.15, 0.2) is 0 Å².